The van der Waals surface area contributed by atoms with Gasteiger partial charge in [0.15, 0.2) is 12.4 Å². The van der Waals surface area contributed by atoms with Crippen molar-refractivity contribution < 1.29 is 14.3 Å². The van der Waals surface area contributed by atoms with Crippen LogP contribution in [0.1, 0.15) is 64.2 Å². The second-order valence-corrected chi connectivity index (χ2v) is 10.0. The maximum Gasteiger partial charge on any atom is 0.331 e. The molecule has 0 bridgehead atoms. The largest absolute Gasteiger partial charge is 0.454 e. The van der Waals surface area contributed by atoms with E-state index in [0.29, 0.717) is 5.56 Å². The van der Waals surface area contributed by atoms with Gasteiger partial charge in [-0.1, -0.05) is 91.8 Å². The molecule has 0 N–H and O–H groups in total. The fraction of sp³-hybridized carbons (Fsp3) is 0.312. The standard InChI is InChI=1S/C32H36O3/c1-23(15-18-29-25(3)12-9-19-32(29,4)5)10-8-11-24(2)20-31(34)35-22-30(33)28-17-16-26-13-6-7-14-27(26)21-28/h6-8,10-11,13-18,20-21H,9,12,19,22H2,1-5H3. The SMILES string of the molecule is CC(C=CC1=C(C)CCCC1(C)C)=CC=CC(C)=CC(=O)OCC(=O)c1ccc2ccccc2c1. The van der Waals surface area contributed by atoms with Gasteiger partial charge in [-0.25, -0.2) is 4.79 Å². The second kappa shape index (κ2) is 11.8. The van der Waals surface area contributed by atoms with Crippen molar-refractivity contribution in [2.24, 2.45) is 5.41 Å². The van der Waals surface area contributed by atoms with E-state index in [4.69, 9.17) is 4.74 Å². The predicted molar refractivity (Wildman–Crippen MR) is 145 cm³/mol. The molecule has 0 atom stereocenters. The third-order valence-corrected chi connectivity index (χ3v) is 6.54. The minimum atomic E-state index is -0.524. The average molecular weight is 469 g/mol. The van der Waals surface area contributed by atoms with Crippen LogP contribution in [-0.2, 0) is 9.53 Å². The summed E-state index contributed by atoms with van der Waals surface area (Å²) in [6.45, 7) is 10.5. The van der Waals surface area contributed by atoms with E-state index in [-0.39, 0.29) is 17.8 Å². The molecule has 0 saturated carbocycles. The second-order valence-electron chi connectivity index (χ2n) is 10.0. The van der Waals surface area contributed by atoms with Gasteiger partial charge in [-0.15, -0.1) is 0 Å². The molecule has 0 radical (unpaired) electrons. The van der Waals surface area contributed by atoms with Crippen molar-refractivity contribution in [2.75, 3.05) is 6.61 Å². The average Bonchev–Trinajstić information content (AvgIpc) is 2.81. The highest BCUT2D eigenvalue weighted by molar-refractivity contribution is 6.01. The van der Waals surface area contributed by atoms with Crippen LogP contribution in [0.2, 0.25) is 0 Å². The summed E-state index contributed by atoms with van der Waals surface area (Å²) in [6.07, 6.45) is 15.3. The summed E-state index contributed by atoms with van der Waals surface area (Å²) in [5.74, 6) is -0.744. The van der Waals surface area contributed by atoms with Crippen LogP contribution in [0.3, 0.4) is 0 Å². The minimum absolute atomic E-state index is 0.220. The first-order valence-corrected chi connectivity index (χ1v) is 12.3. The lowest BCUT2D eigenvalue weighted by Crippen LogP contribution is -2.19. The van der Waals surface area contributed by atoms with Gasteiger partial charge < -0.3 is 4.74 Å². The van der Waals surface area contributed by atoms with Crippen LogP contribution in [0, 0.1) is 5.41 Å². The van der Waals surface area contributed by atoms with E-state index in [2.05, 4.69) is 39.8 Å². The number of ketones is 1. The minimum Gasteiger partial charge on any atom is -0.454 e. The molecule has 0 amide bonds. The van der Waals surface area contributed by atoms with E-state index in [1.165, 1.54) is 36.5 Å². The molecule has 0 fully saturated rings. The molecular weight excluding hydrogens is 432 g/mol. The lowest BCUT2D eigenvalue weighted by atomic mass is 9.72. The van der Waals surface area contributed by atoms with Gasteiger partial charge in [0.1, 0.15) is 0 Å². The molecule has 0 aliphatic heterocycles. The maximum atomic E-state index is 12.4. The van der Waals surface area contributed by atoms with Crippen molar-refractivity contribution in [3.8, 4) is 0 Å². The zero-order valence-electron chi connectivity index (χ0n) is 21.6. The van der Waals surface area contributed by atoms with E-state index in [1.54, 1.807) is 6.07 Å². The monoisotopic (exact) mass is 468 g/mol. The van der Waals surface area contributed by atoms with Gasteiger partial charge in [0.25, 0.3) is 0 Å². The summed E-state index contributed by atoms with van der Waals surface area (Å²) < 4.78 is 5.17. The van der Waals surface area contributed by atoms with E-state index in [9.17, 15) is 9.59 Å². The third-order valence-electron chi connectivity index (χ3n) is 6.54. The number of carbonyl (C=O) groups excluding carboxylic acids is 2. The smallest absolute Gasteiger partial charge is 0.331 e. The van der Waals surface area contributed by atoms with Crippen molar-refractivity contribution in [1.29, 1.82) is 0 Å². The number of ether oxygens (including phenoxy) is 1. The zero-order chi connectivity index (χ0) is 25.4. The van der Waals surface area contributed by atoms with Crippen LogP contribution >= 0.6 is 0 Å². The Hall–Kier alpha value is -3.46. The van der Waals surface area contributed by atoms with E-state index in [1.807, 2.05) is 61.5 Å². The molecule has 0 unspecified atom stereocenters. The Labute approximate surface area is 209 Å². The highest BCUT2D eigenvalue weighted by atomic mass is 16.5. The van der Waals surface area contributed by atoms with Crippen molar-refractivity contribution in [3.63, 3.8) is 0 Å². The first kappa shape index (κ1) is 26.2. The molecule has 2 aromatic rings. The van der Waals surface area contributed by atoms with Gasteiger partial charge in [-0.05, 0) is 73.4 Å². The number of hydrogen-bond donors (Lipinski definition) is 0. The number of fused-ring (bicyclic) bond motifs is 1. The summed E-state index contributed by atoms with van der Waals surface area (Å²) in [7, 11) is 0. The molecule has 1 aliphatic carbocycles. The molecule has 0 aromatic heterocycles. The molecule has 3 rings (SSSR count). The maximum absolute atomic E-state index is 12.4. The molecule has 3 heteroatoms. The topological polar surface area (TPSA) is 43.4 Å². The van der Waals surface area contributed by atoms with Crippen LogP contribution in [0.5, 0.6) is 0 Å². The lowest BCUT2D eigenvalue weighted by molar-refractivity contribution is -0.136. The summed E-state index contributed by atoms with van der Waals surface area (Å²) >= 11 is 0. The highest BCUT2D eigenvalue weighted by Crippen LogP contribution is 2.40. The van der Waals surface area contributed by atoms with Gasteiger partial charge in [0.05, 0.1) is 0 Å². The number of rotatable bonds is 8. The Bertz CT molecular complexity index is 1250. The number of esters is 1. The summed E-state index contributed by atoms with van der Waals surface area (Å²) in [5.41, 5.74) is 5.58. The molecule has 3 nitrogen and oxygen atoms in total. The fourth-order valence-corrected chi connectivity index (χ4v) is 4.49. The molecule has 182 valence electrons. The van der Waals surface area contributed by atoms with Crippen molar-refractivity contribution in [1.82, 2.24) is 0 Å². The molecule has 0 spiro atoms. The Morgan fingerprint density at radius 3 is 2.49 bits per heavy atom. The Balaban J connectivity index is 1.53. The molecule has 35 heavy (non-hydrogen) atoms. The van der Waals surface area contributed by atoms with Crippen LogP contribution in [0.25, 0.3) is 10.8 Å². The van der Waals surface area contributed by atoms with Crippen molar-refractivity contribution in [2.45, 2.75) is 53.9 Å². The van der Waals surface area contributed by atoms with Gasteiger partial charge >= 0.3 is 5.97 Å². The molecule has 1 aliphatic rings. The van der Waals surface area contributed by atoms with E-state index >= 15 is 0 Å². The van der Waals surface area contributed by atoms with E-state index in [0.717, 1.165) is 21.9 Å². The first-order valence-electron chi connectivity index (χ1n) is 12.3. The number of Topliss-reactive ketones (excluding diaryl/α,β-unsaturated/α-hetero) is 1. The summed E-state index contributed by atoms with van der Waals surface area (Å²) in [4.78, 5) is 24.6. The Morgan fingerprint density at radius 1 is 1.00 bits per heavy atom. The molecular formula is C32H36O3. The van der Waals surface area contributed by atoms with Gasteiger partial charge in [-0.3, -0.25) is 4.79 Å². The first-order chi connectivity index (χ1) is 16.7. The number of benzene rings is 2. The molecule has 0 saturated heterocycles. The predicted octanol–water partition coefficient (Wildman–Crippen LogP) is 8.10. The van der Waals surface area contributed by atoms with E-state index < -0.39 is 5.97 Å². The fourth-order valence-electron chi connectivity index (χ4n) is 4.49. The van der Waals surface area contributed by atoms with Gasteiger partial charge in [-0.2, -0.15) is 0 Å². The van der Waals surface area contributed by atoms with Gasteiger partial charge in [0.2, 0.25) is 0 Å². The summed E-state index contributed by atoms with van der Waals surface area (Å²) in [6, 6.07) is 13.3. The van der Waals surface area contributed by atoms with Crippen LogP contribution in [-0.4, -0.2) is 18.4 Å². The van der Waals surface area contributed by atoms with Crippen molar-refractivity contribution in [3.05, 3.63) is 107 Å². The van der Waals surface area contributed by atoms with Crippen LogP contribution in [0.4, 0.5) is 0 Å². The number of carbonyl (C=O) groups is 2. The quantitative estimate of drug-likeness (QED) is 0.170. The number of allylic oxidation sites excluding steroid dienone is 9. The molecule has 2 aromatic carbocycles. The lowest BCUT2D eigenvalue weighted by Gasteiger charge is -2.32. The molecule has 0 heterocycles. The summed E-state index contributed by atoms with van der Waals surface area (Å²) in [5, 5.41) is 2.05. The van der Waals surface area contributed by atoms with Crippen molar-refractivity contribution >= 4 is 22.5 Å². The van der Waals surface area contributed by atoms with Crippen LogP contribution < -0.4 is 0 Å². The Kier molecular flexibility index (Phi) is 8.81. The normalized spacial score (nSPS) is 16.9. The number of hydrogen-bond acceptors (Lipinski definition) is 3. The Morgan fingerprint density at radius 2 is 1.74 bits per heavy atom. The zero-order valence-corrected chi connectivity index (χ0v) is 21.6. The highest BCUT2D eigenvalue weighted by Gasteiger charge is 2.26. The third kappa shape index (κ3) is 7.51. The van der Waals surface area contributed by atoms with Crippen LogP contribution in [0.15, 0.2) is 101 Å². The van der Waals surface area contributed by atoms with Gasteiger partial charge in [0, 0.05) is 11.6 Å².